The first-order valence-electron chi connectivity index (χ1n) is 6.31. The van der Waals surface area contributed by atoms with E-state index in [9.17, 15) is 0 Å². The van der Waals surface area contributed by atoms with Gasteiger partial charge in [-0.2, -0.15) is 24.7 Å². The third-order valence-electron chi connectivity index (χ3n) is 2.29. The monoisotopic (exact) mass is 279 g/mol. The standard InChI is InChI=1S/C11H17N7S/c1-3-5-6-19-11-16-9(13-4-2)15-10(17-11)18-8-12-7-14-18/h7-8H,3-6H2,1-2H3,(H,13,15,16,17). The zero-order valence-corrected chi connectivity index (χ0v) is 11.9. The van der Waals surface area contributed by atoms with Gasteiger partial charge in [0.25, 0.3) is 5.95 Å². The molecule has 0 atom stereocenters. The molecule has 0 radical (unpaired) electrons. The van der Waals surface area contributed by atoms with Crippen molar-refractivity contribution in [1.82, 2.24) is 29.7 Å². The van der Waals surface area contributed by atoms with Crippen molar-refractivity contribution in [3.63, 3.8) is 0 Å². The van der Waals surface area contributed by atoms with Crippen molar-refractivity contribution < 1.29 is 0 Å². The molecule has 2 aromatic rings. The molecule has 19 heavy (non-hydrogen) atoms. The smallest absolute Gasteiger partial charge is 0.257 e. The largest absolute Gasteiger partial charge is 0.354 e. The highest BCUT2D eigenvalue weighted by Gasteiger charge is 2.08. The second kappa shape index (κ2) is 7.03. The van der Waals surface area contributed by atoms with E-state index in [0.29, 0.717) is 17.1 Å². The van der Waals surface area contributed by atoms with Crippen LogP contribution in [0.2, 0.25) is 0 Å². The van der Waals surface area contributed by atoms with Gasteiger partial charge in [-0.15, -0.1) is 0 Å². The normalized spacial score (nSPS) is 10.6. The minimum atomic E-state index is 0.488. The topological polar surface area (TPSA) is 81.4 Å². The second-order valence-electron chi connectivity index (χ2n) is 3.81. The van der Waals surface area contributed by atoms with Gasteiger partial charge in [-0.1, -0.05) is 25.1 Å². The van der Waals surface area contributed by atoms with E-state index in [4.69, 9.17) is 0 Å². The number of anilines is 1. The van der Waals surface area contributed by atoms with Gasteiger partial charge in [-0.25, -0.2) is 4.98 Å². The summed E-state index contributed by atoms with van der Waals surface area (Å²) in [6.45, 7) is 4.93. The van der Waals surface area contributed by atoms with Crippen molar-refractivity contribution in [2.45, 2.75) is 31.8 Å². The van der Waals surface area contributed by atoms with Crippen LogP contribution in [0.3, 0.4) is 0 Å². The van der Waals surface area contributed by atoms with Crippen molar-refractivity contribution in [3.8, 4) is 5.95 Å². The number of hydrogen-bond acceptors (Lipinski definition) is 7. The van der Waals surface area contributed by atoms with Gasteiger partial charge in [0, 0.05) is 12.3 Å². The van der Waals surface area contributed by atoms with Crippen LogP contribution in [-0.4, -0.2) is 42.0 Å². The molecule has 0 aromatic carbocycles. The molecule has 0 aliphatic heterocycles. The van der Waals surface area contributed by atoms with Gasteiger partial charge < -0.3 is 5.32 Å². The van der Waals surface area contributed by atoms with E-state index in [1.54, 1.807) is 18.1 Å². The van der Waals surface area contributed by atoms with Crippen LogP contribution in [0.25, 0.3) is 5.95 Å². The Morgan fingerprint density at radius 3 is 2.84 bits per heavy atom. The third-order valence-corrected chi connectivity index (χ3v) is 3.22. The average Bonchev–Trinajstić information content (AvgIpc) is 2.93. The zero-order valence-electron chi connectivity index (χ0n) is 11.1. The molecule has 0 amide bonds. The van der Waals surface area contributed by atoms with Gasteiger partial charge in [0.05, 0.1) is 0 Å². The summed E-state index contributed by atoms with van der Waals surface area (Å²) in [5.41, 5.74) is 0. The van der Waals surface area contributed by atoms with Gasteiger partial charge in [-0.3, -0.25) is 0 Å². The number of nitrogens with one attached hydrogen (secondary N) is 1. The van der Waals surface area contributed by atoms with Crippen LogP contribution >= 0.6 is 11.8 Å². The van der Waals surface area contributed by atoms with E-state index >= 15 is 0 Å². The number of unbranched alkanes of at least 4 members (excludes halogenated alkanes) is 1. The van der Waals surface area contributed by atoms with Crippen LogP contribution in [0.4, 0.5) is 5.95 Å². The highest BCUT2D eigenvalue weighted by atomic mass is 32.2. The summed E-state index contributed by atoms with van der Waals surface area (Å²) in [6, 6.07) is 0. The summed E-state index contributed by atoms with van der Waals surface area (Å²) in [5, 5.41) is 7.86. The molecule has 0 aliphatic rings. The Bertz CT molecular complexity index is 500. The van der Waals surface area contributed by atoms with E-state index in [2.05, 4.69) is 37.3 Å². The molecule has 0 spiro atoms. The molecular formula is C11H17N7S. The van der Waals surface area contributed by atoms with Gasteiger partial charge in [0.1, 0.15) is 12.7 Å². The van der Waals surface area contributed by atoms with Crippen molar-refractivity contribution in [2.75, 3.05) is 17.6 Å². The average molecular weight is 279 g/mol. The van der Waals surface area contributed by atoms with Crippen LogP contribution in [0.15, 0.2) is 17.8 Å². The van der Waals surface area contributed by atoms with E-state index < -0.39 is 0 Å². The minimum absolute atomic E-state index is 0.488. The molecule has 0 unspecified atom stereocenters. The molecule has 102 valence electrons. The van der Waals surface area contributed by atoms with Crippen LogP contribution < -0.4 is 5.32 Å². The maximum atomic E-state index is 4.39. The number of hydrogen-bond donors (Lipinski definition) is 1. The fourth-order valence-electron chi connectivity index (χ4n) is 1.37. The molecule has 8 heteroatoms. The quantitative estimate of drug-likeness (QED) is 0.611. The summed E-state index contributed by atoms with van der Waals surface area (Å²) < 4.78 is 1.53. The summed E-state index contributed by atoms with van der Waals surface area (Å²) in [4.78, 5) is 17.0. The van der Waals surface area contributed by atoms with Crippen molar-refractivity contribution in [1.29, 1.82) is 0 Å². The molecule has 0 saturated carbocycles. The molecule has 0 saturated heterocycles. The van der Waals surface area contributed by atoms with Crippen LogP contribution in [-0.2, 0) is 0 Å². The lowest BCUT2D eigenvalue weighted by Gasteiger charge is -2.06. The molecular weight excluding hydrogens is 262 g/mol. The van der Waals surface area contributed by atoms with Crippen molar-refractivity contribution in [3.05, 3.63) is 12.7 Å². The summed E-state index contributed by atoms with van der Waals surface area (Å²) in [6.07, 6.45) is 5.34. The Hall–Kier alpha value is -1.70. The Balaban J connectivity index is 2.22. The van der Waals surface area contributed by atoms with Crippen LogP contribution in [0.5, 0.6) is 0 Å². The van der Waals surface area contributed by atoms with Crippen LogP contribution in [0, 0.1) is 0 Å². The highest BCUT2D eigenvalue weighted by molar-refractivity contribution is 7.99. The number of thioether (sulfide) groups is 1. The molecule has 2 aromatic heterocycles. The minimum Gasteiger partial charge on any atom is -0.354 e. The summed E-state index contributed by atoms with van der Waals surface area (Å²) in [5.74, 6) is 2.06. The summed E-state index contributed by atoms with van der Waals surface area (Å²) in [7, 11) is 0. The SMILES string of the molecule is CCCCSc1nc(NCC)nc(-n2cncn2)n1. The molecule has 1 N–H and O–H groups in total. The predicted molar refractivity (Wildman–Crippen MR) is 74.5 cm³/mol. The number of rotatable bonds is 7. The highest BCUT2D eigenvalue weighted by Crippen LogP contribution is 2.17. The summed E-state index contributed by atoms with van der Waals surface area (Å²) >= 11 is 1.63. The molecule has 2 heterocycles. The van der Waals surface area contributed by atoms with Crippen LogP contribution in [0.1, 0.15) is 26.7 Å². The lowest BCUT2D eigenvalue weighted by Crippen LogP contribution is -2.10. The molecule has 0 fully saturated rings. The van der Waals surface area contributed by atoms with E-state index in [1.165, 1.54) is 11.0 Å². The molecule has 7 nitrogen and oxygen atoms in total. The first-order chi connectivity index (χ1) is 9.33. The molecule has 2 rings (SSSR count). The van der Waals surface area contributed by atoms with Gasteiger partial charge in [-0.05, 0) is 13.3 Å². The fourth-order valence-corrected chi connectivity index (χ4v) is 2.28. The number of nitrogens with zero attached hydrogens (tertiary/aromatic N) is 6. The molecule has 0 bridgehead atoms. The Labute approximate surface area is 116 Å². The van der Waals surface area contributed by atoms with E-state index in [0.717, 1.165) is 25.1 Å². The Morgan fingerprint density at radius 2 is 2.16 bits per heavy atom. The lowest BCUT2D eigenvalue weighted by molar-refractivity contribution is 0.758. The van der Waals surface area contributed by atoms with Gasteiger partial charge in [0.15, 0.2) is 5.16 Å². The lowest BCUT2D eigenvalue weighted by atomic mass is 10.4. The van der Waals surface area contributed by atoms with E-state index in [1.807, 2.05) is 6.92 Å². The predicted octanol–water partition coefficient (Wildman–Crippen LogP) is 1.78. The fraction of sp³-hybridized carbons (Fsp3) is 0.545. The van der Waals surface area contributed by atoms with Gasteiger partial charge >= 0.3 is 0 Å². The second-order valence-corrected chi connectivity index (χ2v) is 4.88. The first kappa shape index (κ1) is 13.7. The maximum Gasteiger partial charge on any atom is 0.257 e. The first-order valence-corrected chi connectivity index (χ1v) is 7.29. The number of aromatic nitrogens is 6. The van der Waals surface area contributed by atoms with Crippen molar-refractivity contribution in [2.24, 2.45) is 0 Å². The zero-order chi connectivity index (χ0) is 13.5. The maximum absolute atomic E-state index is 4.39. The van der Waals surface area contributed by atoms with E-state index in [-0.39, 0.29) is 0 Å². The van der Waals surface area contributed by atoms with Crippen molar-refractivity contribution >= 4 is 17.7 Å². The Kier molecular flexibility index (Phi) is 5.08. The molecule has 0 aliphatic carbocycles. The Morgan fingerprint density at radius 1 is 1.26 bits per heavy atom. The third kappa shape index (κ3) is 3.88. The van der Waals surface area contributed by atoms with Gasteiger partial charge in [0.2, 0.25) is 5.95 Å².